The molecule has 1 aliphatic rings. The minimum atomic E-state index is -0.136. The molecule has 2 aromatic carbocycles. The van der Waals surface area contributed by atoms with Crippen molar-refractivity contribution in [1.29, 1.82) is 0 Å². The van der Waals surface area contributed by atoms with Crippen LogP contribution in [0.3, 0.4) is 0 Å². The summed E-state index contributed by atoms with van der Waals surface area (Å²) >= 11 is 5.90. The molecule has 0 fully saturated rings. The van der Waals surface area contributed by atoms with Crippen LogP contribution >= 0.6 is 11.6 Å². The van der Waals surface area contributed by atoms with Crippen LogP contribution in [0.1, 0.15) is 19.4 Å². The molecule has 0 atom stereocenters. The van der Waals surface area contributed by atoms with Crippen molar-refractivity contribution in [2.24, 2.45) is 10.2 Å². The van der Waals surface area contributed by atoms with E-state index in [-0.39, 0.29) is 5.41 Å². The zero-order valence-electron chi connectivity index (χ0n) is 14.7. The molecule has 0 amide bonds. The maximum atomic E-state index is 5.90. The van der Waals surface area contributed by atoms with Crippen LogP contribution in [-0.4, -0.2) is 20.3 Å². The third kappa shape index (κ3) is 3.60. The first-order valence-corrected chi connectivity index (χ1v) is 8.65. The lowest BCUT2D eigenvalue weighted by Gasteiger charge is -2.26. The van der Waals surface area contributed by atoms with E-state index in [1.54, 1.807) is 7.11 Å². The van der Waals surface area contributed by atoms with Crippen molar-refractivity contribution in [3.63, 3.8) is 0 Å². The van der Waals surface area contributed by atoms with Gasteiger partial charge < -0.3 is 9.64 Å². The molecule has 3 rings (SSSR count). The molecule has 0 bridgehead atoms. The van der Waals surface area contributed by atoms with Crippen molar-refractivity contribution >= 4 is 23.0 Å². The fourth-order valence-electron chi connectivity index (χ4n) is 3.16. The number of benzene rings is 2. The quantitative estimate of drug-likeness (QED) is 0.644. The number of ether oxygens (including phenoxy) is 1. The third-order valence-corrected chi connectivity index (χ3v) is 4.75. The molecule has 0 aromatic heterocycles. The van der Waals surface area contributed by atoms with Crippen molar-refractivity contribution in [3.8, 4) is 0 Å². The summed E-state index contributed by atoms with van der Waals surface area (Å²) < 4.78 is 5.28. The van der Waals surface area contributed by atoms with Gasteiger partial charge in [-0.05, 0) is 35.9 Å². The first-order valence-electron chi connectivity index (χ1n) is 8.27. The fourth-order valence-corrected chi connectivity index (χ4v) is 3.28. The van der Waals surface area contributed by atoms with Crippen LogP contribution in [0.15, 0.2) is 70.7 Å². The predicted molar refractivity (Wildman–Crippen MR) is 103 cm³/mol. The topological polar surface area (TPSA) is 37.2 Å². The van der Waals surface area contributed by atoms with E-state index in [1.165, 1.54) is 11.3 Å². The number of para-hydroxylation sites is 1. The zero-order valence-corrected chi connectivity index (χ0v) is 15.5. The molecule has 0 spiro atoms. The standard InChI is InChI=1S/C20H22ClN3O/c1-20(2)17-6-4-5-7-18(17)24(12-13-25-3)19(20)14-22-23-16-10-8-15(21)9-11-16/h4-11,14H,12-13H2,1-3H3/b19-14+,23-22?. The van der Waals surface area contributed by atoms with Crippen molar-refractivity contribution in [2.45, 2.75) is 19.3 Å². The fraction of sp³-hybridized carbons (Fsp3) is 0.300. The molecule has 0 aliphatic carbocycles. The Bertz CT molecular complexity index is 797. The molecule has 130 valence electrons. The maximum Gasteiger partial charge on any atom is 0.0857 e. The maximum absolute atomic E-state index is 5.90. The number of fused-ring (bicyclic) bond motifs is 1. The van der Waals surface area contributed by atoms with E-state index in [0.717, 1.165) is 17.9 Å². The van der Waals surface area contributed by atoms with Gasteiger partial charge >= 0.3 is 0 Å². The Labute approximate surface area is 153 Å². The molecule has 0 saturated carbocycles. The zero-order chi connectivity index (χ0) is 17.9. The van der Waals surface area contributed by atoms with Crippen molar-refractivity contribution in [3.05, 3.63) is 71.0 Å². The van der Waals surface area contributed by atoms with Gasteiger partial charge in [-0.2, -0.15) is 10.2 Å². The lowest BCUT2D eigenvalue weighted by molar-refractivity contribution is 0.206. The SMILES string of the molecule is COCCN1/C(=C/N=Nc2ccc(Cl)cc2)C(C)(C)c2ccccc21. The molecule has 1 aliphatic heterocycles. The second-order valence-electron chi connectivity index (χ2n) is 6.49. The summed E-state index contributed by atoms with van der Waals surface area (Å²) in [6.45, 7) is 5.85. The number of nitrogens with zero attached hydrogens (tertiary/aromatic N) is 3. The predicted octanol–water partition coefficient (Wildman–Crippen LogP) is 5.71. The highest BCUT2D eigenvalue weighted by molar-refractivity contribution is 6.30. The second kappa shape index (κ2) is 7.38. The molecular formula is C20H22ClN3O. The number of azo groups is 1. The molecule has 4 nitrogen and oxygen atoms in total. The monoisotopic (exact) mass is 355 g/mol. The van der Waals surface area contributed by atoms with E-state index >= 15 is 0 Å². The average Bonchev–Trinajstić information content (AvgIpc) is 2.82. The van der Waals surface area contributed by atoms with Gasteiger partial charge in [-0.25, -0.2) is 0 Å². The van der Waals surface area contributed by atoms with Gasteiger partial charge in [0.15, 0.2) is 0 Å². The Morgan fingerprint density at radius 1 is 1.12 bits per heavy atom. The molecular weight excluding hydrogens is 334 g/mol. The van der Waals surface area contributed by atoms with Gasteiger partial charge in [0, 0.05) is 35.5 Å². The lowest BCUT2D eigenvalue weighted by Crippen LogP contribution is -2.28. The van der Waals surface area contributed by atoms with E-state index in [4.69, 9.17) is 16.3 Å². The molecule has 5 heteroatoms. The summed E-state index contributed by atoms with van der Waals surface area (Å²) in [7, 11) is 1.72. The van der Waals surface area contributed by atoms with E-state index in [2.05, 4.69) is 53.2 Å². The van der Waals surface area contributed by atoms with Crippen molar-refractivity contribution in [2.75, 3.05) is 25.2 Å². The van der Waals surface area contributed by atoms with Crippen LogP contribution in [-0.2, 0) is 10.2 Å². The molecule has 25 heavy (non-hydrogen) atoms. The van der Waals surface area contributed by atoms with Gasteiger partial charge in [0.2, 0.25) is 0 Å². The van der Waals surface area contributed by atoms with Crippen LogP contribution in [0.25, 0.3) is 0 Å². The number of halogens is 1. The Balaban J connectivity index is 1.93. The normalized spacial score (nSPS) is 17.4. The first kappa shape index (κ1) is 17.6. The summed E-state index contributed by atoms with van der Waals surface area (Å²) in [6, 6.07) is 15.8. The molecule has 1 heterocycles. The van der Waals surface area contributed by atoms with Gasteiger partial charge in [-0.15, -0.1) is 0 Å². The minimum Gasteiger partial charge on any atom is -0.383 e. The van der Waals surface area contributed by atoms with Crippen molar-refractivity contribution < 1.29 is 4.74 Å². The number of anilines is 1. The van der Waals surface area contributed by atoms with Gasteiger partial charge in [0.25, 0.3) is 0 Å². The molecule has 0 unspecified atom stereocenters. The Hall–Kier alpha value is -2.17. The van der Waals surface area contributed by atoms with Crippen LogP contribution < -0.4 is 4.90 Å². The second-order valence-corrected chi connectivity index (χ2v) is 6.93. The number of hydrogen-bond donors (Lipinski definition) is 0. The highest BCUT2D eigenvalue weighted by Crippen LogP contribution is 2.47. The van der Waals surface area contributed by atoms with Gasteiger partial charge in [-0.1, -0.05) is 43.6 Å². The summed E-state index contributed by atoms with van der Waals surface area (Å²) in [5.74, 6) is 0. The minimum absolute atomic E-state index is 0.136. The summed E-state index contributed by atoms with van der Waals surface area (Å²) in [5.41, 5.74) is 4.25. The Kier molecular flexibility index (Phi) is 5.21. The van der Waals surface area contributed by atoms with Crippen LogP contribution in [0, 0.1) is 0 Å². The summed E-state index contributed by atoms with van der Waals surface area (Å²) in [6.07, 6.45) is 1.85. The van der Waals surface area contributed by atoms with E-state index in [9.17, 15) is 0 Å². The number of methoxy groups -OCH3 is 1. The number of hydrogen-bond acceptors (Lipinski definition) is 4. The van der Waals surface area contributed by atoms with Gasteiger partial charge in [0.1, 0.15) is 0 Å². The average molecular weight is 356 g/mol. The van der Waals surface area contributed by atoms with Crippen LogP contribution in [0.5, 0.6) is 0 Å². The largest absolute Gasteiger partial charge is 0.383 e. The van der Waals surface area contributed by atoms with Crippen LogP contribution in [0.2, 0.25) is 5.02 Å². The van der Waals surface area contributed by atoms with Gasteiger partial charge in [0.05, 0.1) is 18.5 Å². The summed E-state index contributed by atoms with van der Waals surface area (Å²) in [4.78, 5) is 2.26. The Morgan fingerprint density at radius 2 is 1.84 bits per heavy atom. The summed E-state index contributed by atoms with van der Waals surface area (Å²) in [5, 5.41) is 9.30. The highest BCUT2D eigenvalue weighted by atomic mass is 35.5. The number of rotatable bonds is 5. The van der Waals surface area contributed by atoms with Crippen LogP contribution in [0.4, 0.5) is 11.4 Å². The first-order chi connectivity index (χ1) is 12.0. The molecule has 0 saturated heterocycles. The van der Waals surface area contributed by atoms with E-state index < -0.39 is 0 Å². The van der Waals surface area contributed by atoms with E-state index in [0.29, 0.717) is 11.6 Å². The highest BCUT2D eigenvalue weighted by Gasteiger charge is 2.39. The lowest BCUT2D eigenvalue weighted by atomic mass is 9.84. The van der Waals surface area contributed by atoms with Crippen molar-refractivity contribution in [1.82, 2.24) is 0 Å². The Morgan fingerprint density at radius 3 is 2.56 bits per heavy atom. The number of allylic oxidation sites excluding steroid dienone is 1. The van der Waals surface area contributed by atoms with E-state index in [1.807, 2.05) is 30.5 Å². The molecule has 0 radical (unpaired) electrons. The molecule has 0 N–H and O–H groups in total. The smallest absolute Gasteiger partial charge is 0.0857 e. The van der Waals surface area contributed by atoms with Gasteiger partial charge in [-0.3, -0.25) is 0 Å². The third-order valence-electron chi connectivity index (χ3n) is 4.50. The molecule has 2 aromatic rings.